The smallest absolute Gasteiger partial charge is 0.253 e. The van der Waals surface area contributed by atoms with Crippen LogP contribution in [0.2, 0.25) is 10.0 Å². The number of rotatable bonds is 6. The molecule has 27 heavy (non-hydrogen) atoms. The second-order valence-electron chi connectivity index (χ2n) is 6.20. The fraction of sp³-hybridized carbons (Fsp3) is 0.211. The molecule has 0 aliphatic heterocycles. The molecule has 3 rings (SSSR count). The van der Waals surface area contributed by atoms with Crippen molar-refractivity contribution in [1.29, 1.82) is 0 Å². The van der Waals surface area contributed by atoms with Gasteiger partial charge in [-0.15, -0.1) is 0 Å². The van der Waals surface area contributed by atoms with Crippen LogP contribution in [0, 0.1) is 5.92 Å². The van der Waals surface area contributed by atoms with Gasteiger partial charge in [-0.05, 0) is 49.2 Å². The van der Waals surface area contributed by atoms with Gasteiger partial charge in [0.05, 0.1) is 17.1 Å². The summed E-state index contributed by atoms with van der Waals surface area (Å²) in [7, 11) is 0. The Morgan fingerprint density at radius 1 is 0.963 bits per heavy atom. The maximum atomic E-state index is 12.1. The molecule has 0 bridgehead atoms. The van der Waals surface area contributed by atoms with Crippen LogP contribution < -0.4 is 16.0 Å². The fourth-order valence-electron chi connectivity index (χ4n) is 2.40. The highest BCUT2D eigenvalue weighted by molar-refractivity contribution is 6.36. The second kappa shape index (κ2) is 8.41. The van der Waals surface area contributed by atoms with E-state index in [1.54, 1.807) is 30.3 Å². The Kier molecular flexibility index (Phi) is 5.98. The van der Waals surface area contributed by atoms with Gasteiger partial charge in [-0.3, -0.25) is 14.4 Å². The van der Waals surface area contributed by atoms with E-state index in [4.69, 9.17) is 23.2 Å². The van der Waals surface area contributed by atoms with Crippen molar-refractivity contribution in [3.63, 3.8) is 0 Å². The first-order valence-corrected chi connectivity index (χ1v) is 9.12. The summed E-state index contributed by atoms with van der Waals surface area (Å²) in [6.45, 7) is -0.226. The molecule has 8 heteroatoms. The lowest BCUT2D eigenvalue weighted by molar-refractivity contribution is -0.117. The SMILES string of the molecule is O=C(CNC(=O)c1ccc(Cl)cc1Cl)Nc1cccc(NC(=O)C2CC2)c1. The van der Waals surface area contributed by atoms with Crippen LogP contribution >= 0.6 is 23.2 Å². The van der Waals surface area contributed by atoms with Gasteiger partial charge >= 0.3 is 0 Å². The highest BCUT2D eigenvalue weighted by atomic mass is 35.5. The van der Waals surface area contributed by atoms with E-state index in [0.29, 0.717) is 16.4 Å². The van der Waals surface area contributed by atoms with E-state index >= 15 is 0 Å². The predicted molar refractivity (Wildman–Crippen MR) is 105 cm³/mol. The molecule has 0 atom stereocenters. The zero-order chi connectivity index (χ0) is 19.4. The van der Waals surface area contributed by atoms with E-state index in [1.807, 2.05) is 0 Å². The van der Waals surface area contributed by atoms with Crippen molar-refractivity contribution in [3.8, 4) is 0 Å². The van der Waals surface area contributed by atoms with Gasteiger partial charge < -0.3 is 16.0 Å². The van der Waals surface area contributed by atoms with Crippen molar-refractivity contribution in [1.82, 2.24) is 5.32 Å². The van der Waals surface area contributed by atoms with E-state index in [-0.39, 0.29) is 29.0 Å². The summed E-state index contributed by atoms with van der Waals surface area (Å²) >= 11 is 11.8. The summed E-state index contributed by atoms with van der Waals surface area (Å²) in [5.74, 6) is -0.792. The standard InChI is InChI=1S/C19H17Cl2N3O3/c20-12-6-7-15(16(21)8-12)19(27)22-10-17(25)23-13-2-1-3-14(9-13)24-18(26)11-4-5-11/h1-3,6-9,11H,4-5,10H2,(H,22,27)(H,23,25)(H,24,26). The predicted octanol–water partition coefficient (Wildman–Crippen LogP) is 3.71. The third-order valence-electron chi connectivity index (χ3n) is 3.95. The van der Waals surface area contributed by atoms with Crippen molar-refractivity contribution in [2.45, 2.75) is 12.8 Å². The van der Waals surface area contributed by atoms with Crippen molar-refractivity contribution >= 4 is 52.3 Å². The summed E-state index contributed by atoms with van der Waals surface area (Å²) < 4.78 is 0. The molecule has 0 radical (unpaired) electrons. The highest BCUT2D eigenvalue weighted by Crippen LogP contribution is 2.30. The minimum Gasteiger partial charge on any atom is -0.343 e. The monoisotopic (exact) mass is 405 g/mol. The molecular weight excluding hydrogens is 389 g/mol. The molecule has 0 heterocycles. The van der Waals surface area contributed by atoms with Gasteiger partial charge in [0.2, 0.25) is 11.8 Å². The molecular formula is C19H17Cl2N3O3. The van der Waals surface area contributed by atoms with Crippen LogP contribution in [0.4, 0.5) is 11.4 Å². The lowest BCUT2D eigenvalue weighted by atomic mass is 10.2. The van der Waals surface area contributed by atoms with Gasteiger partial charge in [-0.1, -0.05) is 29.3 Å². The largest absolute Gasteiger partial charge is 0.343 e. The molecule has 2 aromatic rings. The van der Waals surface area contributed by atoms with E-state index < -0.39 is 11.8 Å². The number of halogens is 2. The van der Waals surface area contributed by atoms with Crippen molar-refractivity contribution < 1.29 is 14.4 Å². The third-order valence-corrected chi connectivity index (χ3v) is 4.50. The van der Waals surface area contributed by atoms with E-state index in [2.05, 4.69) is 16.0 Å². The molecule has 2 aromatic carbocycles. The first-order chi connectivity index (χ1) is 12.9. The maximum Gasteiger partial charge on any atom is 0.253 e. The number of hydrogen-bond acceptors (Lipinski definition) is 3. The minimum atomic E-state index is -0.475. The molecule has 1 saturated carbocycles. The minimum absolute atomic E-state index is 0.00872. The molecule has 0 aromatic heterocycles. The maximum absolute atomic E-state index is 12.1. The molecule has 0 saturated heterocycles. The Labute approximate surface area is 166 Å². The van der Waals surface area contributed by atoms with Gasteiger partial charge in [0.15, 0.2) is 0 Å². The summed E-state index contributed by atoms with van der Waals surface area (Å²) in [6, 6.07) is 11.3. The van der Waals surface area contributed by atoms with Gasteiger partial charge in [-0.25, -0.2) is 0 Å². The number of nitrogens with one attached hydrogen (secondary N) is 3. The summed E-state index contributed by atoms with van der Waals surface area (Å²) in [5, 5.41) is 8.61. The average molecular weight is 406 g/mol. The Morgan fingerprint density at radius 2 is 1.67 bits per heavy atom. The van der Waals surface area contributed by atoms with Crippen LogP contribution in [-0.2, 0) is 9.59 Å². The summed E-state index contributed by atoms with van der Waals surface area (Å²) in [5.41, 5.74) is 1.37. The zero-order valence-corrected chi connectivity index (χ0v) is 15.7. The number of hydrogen-bond donors (Lipinski definition) is 3. The Balaban J connectivity index is 1.53. The molecule has 1 aliphatic carbocycles. The molecule has 3 amide bonds. The van der Waals surface area contributed by atoms with Crippen LogP contribution in [0.25, 0.3) is 0 Å². The number of benzene rings is 2. The zero-order valence-electron chi connectivity index (χ0n) is 14.2. The van der Waals surface area contributed by atoms with Crippen molar-refractivity contribution in [3.05, 3.63) is 58.1 Å². The highest BCUT2D eigenvalue weighted by Gasteiger charge is 2.29. The second-order valence-corrected chi connectivity index (χ2v) is 7.04. The van der Waals surface area contributed by atoms with Crippen LogP contribution in [0.3, 0.4) is 0 Å². The number of carbonyl (C=O) groups is 3. The van der Waals surface area contributed by atoms with Gasteiger partial charge in [0.1, 0.15) is 0 Å². The lowest BCUT2D eigenvalue weighted by Crippen LogP contribution is -2.33. The van der Waals surface area contributed by atoms with E-state index in [9.17, 15) is 14.4 Å². The van der Waals surface area contributed by atoms with Gasteiger partial charge in [0, 0.05) is 22.3 Å². The Hall–Kier alpha value is -2.57. The molecule has 6 nitrogen and oxygen atoms in total. The topological polar surface area (TPSA) is 87.3 Å². The van der Waals surface area contributed by atoms with Gasteiger partial charge in [0.25, 0.3) is 5.91 Å². The van der Waals surface area contributed by atoms with Crippen LogP contribution in [-0.4, -0.2) is 24.3 Å². The molecule has 140 valence electrons. The number of amides is 3. The normalized spacial score (nSPS) is 13.0. The summed E-state index contributed by atoms with van der Waals surface area (Å²) in [4.78, 5) is 36.0. The summed E-state index contributed by atoms with van der Waals surface area (Å²) in [6.07, 6.45) is 1.83. The first-order valence-electron chi connectivity index (χ1n) is 8.36. The molecule has 0 unspecified atom stereocenters. The Bertz CT molecular complexity index is 898. The fourth-order valence-corrected chi connectivity index (χ4v) is 2.89. The van der Waals surface area contributed by atoms with E-state index in [0.717, 1.165) is 12.8 Å². The van der Waals surface area contributed by atoms with Gasteiger partial charge in [-0.2, -0.15) is 0 Å². The number of carbonyl (C=O) groups excluding carboxylic acids is 3. The van der Waals surface area contributed by atoms with Crippen LogP contribution in [0.5, 0.6) is 0 Å². The molecule has 3 N–H and O–H groups in total. The van der Waals surface area contributed by atoms with Crippen LogP contribution in [0.15, 0.2) is 42.5 Å². The Morgan fingerprint density at radius 3 is 2.33 bits per heavy atom. The average Bonchev–Trinajstić information content (AvgIpc) is 3.45. The lowest BCUT2D eigenvalue weighted by Gasteiger charge is -2.10. The first kappa shape index (κ1) is 19.2. The van der Waals surface area contributed by atoms with Crippen molar-refractivity contribution in [2.75, 3.05) is 17.2 Å². The molecule has 0 spiro atoms. The van der Waals surface area contributed by atoms with E-state index in [1.165, 1.54) is 12.1 Å². The third kappa shape index (κ3) is 5.45. The number of anilines is 2. The van der Waals surface area contributed by atoms with Crippen LogP contribution in [0.1, 0.15) is 23.2 Å². The molecule has 1 aliphatic rings. The quantitative estimate of drug-likeness (QED) is 0.684. The molecule has 1 fully saturated rings. The van der Waals surface area contributed by atoms with Crippen molar-refractivity contribution in [2.24, 2.45) is 5.92 Å².